The third kappa shape index (κ3) is 3.42. The van der Waals surface area contributed by atoms with Crippen molar-refractivity contribution < 1.29 is 4.74 Å². The number of methoxy groups -OCH3 is 1. The number of nitrogens with zero attached hydrogens (tertiary/aromatic N) is 2. The van der Waals surface area contributed by atoms with Gasteiger partial charge in [0.15, 0.2) is 0 Å². The first kappa shape index (κ1) is 11.9. The van der Waals surface area contributed by atoms with Gasteiger partial charge in [0.2, 0.25) is 5.88 Å². The Kier molecular flexibility index (Phi) is 3.93. The number of hydrogen-bond acceptors (Lipinski definition) is 4. The molecule has 5 heteroatoms. The molecular formula is C12H12BrN3O. The summed E-state index contributed by atoms with van der Waals surface area (Å²) in [5.41, 5.74) is 1.18. The Morgan fingerprint density at radius 1 is 1.24 bits per heavy atom. The Labute approximate surface area is 108 Å². The van der Waals surface area contributed by atoms with Gasteiger partial charge in [-0.3, -0.25) is 4.98 Å². The van der Waals surface area contributed by atoms with Crippen molar-refractivity contribution in [1.82, 2.24) is 9.97 Å². The topological polar surface area (TPSA) is 47.0 Å². The fraction of sp³-hybridized carbons (Fsp3) is 0.167. The fourth-order valence-corrected chi connectivity index (χ4v) is 1.59. The van der Waals surface area contributed by atoms with Gasteiger partial charge >= 0.3 is 0 Å². The lowest BCUT2D eigenvalue weighted by Gasteiger charge is -2.06. The van der Waals surface area contributed by atoms with E-state index in [4.69, 9.17) is 4.74 Å². The molecule has 0 aliphatic carbocycles. The van der Waals surface area contributed by atoms with Gasteiger partial charge in [-0.25, -0.2) is 0 Å². The molecule has 0 saturated heterocycles. The van der Waals surface area contributed by atoms with Crippen LogP contribution in [0, 0.1) is 0 Å². The summed E-state index contributed by atoms with van der Waals surface area (Å²) in [5.74, 6) is 1.21. The summed E-state index contributed by atoms with van der Waals surface area (Å²) in [4.78, 5) is 8.24. The van der Waals surface area contributed by atoms with Crippen LogP contribution in [0.4, 0.5) is 5.82 Å². The highest BCUT2D eigenvalue weighted by Crippen LogP contribution is 2.13. The molecule has 0 radical (unpaired) electrons. The lowest BCUT2D eigenvalue weighted by Crippen LogP contribution is -2.02. The number of aromatic nitrogens is 2. The molecule has 1 heterocycles. The van der Waals surface area contributed by atoms with E-state index in [2.05, 4.69) is 31.2 Å². The molecule has 0 atom stereocenters. The van der Waals surface area contributed by atoms with Gasteiger partial charge in [0.25, 0.3) is 0 Å². The maximum absolute atomic E-state index is 5.00. The number of benzene rings is 1. The van der Waals surface area contributed by atoms with Crippen LogP contribution in [0.1, 0.15) is 5.56 Å². The highest BCUT2D eigenvalue weighted by atomic mass is 79.9. The summed E-state index contributed by atoms with van der Waals surface area (Å²) in [6, 6.07) is 8.11. The summed E-state index contributed by atoms with van der Waals surface area (Å²) >= 11 is 3.40. The van der Waals surface area contributed by atoms with Crippen LogP contribution in [0.5, 0.6) is 5.88 Å². The standard InChI is InChI=1S/C12H12BrN3O/c1-17-12-8-14-7-11(16-12)15-6-9-2-4-10(13)5-3-9/h2-5,7-8H,6H2,1H3,(H,15,16). The van der Waals surface area contributed by atoms with Crippen LogP contribution in [-0.2, 0) is 6.54 Å². The van der Waals surface area contributed by atoms with E-state index in [0.29, 0.717) is 18.2 Å². The zero-order chi connectivity index (χ0) is 12.1. The fourth-order valence-electron chi connectivity index (χ4n) is 1.33. The van der Waals surface area contributed by atoms with Crippen molar-refractivity contribution in [3.8, 4) is 5.88 Å². The van der Waals surface area contributed by atoms with E-state index in [1.165, 1.54) is 5.56 Å². The zero-order valence-corrected chi connectivity index (χ0v) is 10.9. The Balaban J connectivity index is 1.99. The molecule has 1 N–H and O–H groups in total. The number of nitrogens with one attached hydrogen (secondary N) is 1. The Morgan fingerprint density at radius 3 is 2.71 bits per heavy atom. The molecule has 88 valence electrons. The zero-order valence-electron chi connectivity index (χ0n) is 9.35. The smallest absolute Gasteiger partial charge is 0.233 e. The van der Waals surface area contributed by atoms with Crippen LogP contribution in [-0.4, -0.2) is 17.1 Å². The molecule has 17 heavy (non-hydrogen) atoms. The Hall–Kier alpha value is -1.62. The first-order chi connectivity index (χ1) is 8.28. The normalized spacial score (nSPS) is 10.0. The quantitative estimate of drug-likeness (QED) is 0.942. The number of anilines is 1. The average Bonchev–Trinajstić information content (AvgIpc) is 2.38. The van der Waals surface area contributed by atoms with Crippen molar-refractivity contribution in [2.24, 2.45) is 0 Å². The SMILES string of the molecule is COc1cncc(NCc2ccc(Br)cc2)n1. The van der Waals surface area contributed by atoms with Crippen molar-refractivity contribution in [1.29, 1.82) is 0 Å². The highest BCUT2D eigenvalue weighted by molar-refractivity contribution is 9.10. The summed E-state index contributed by atoms with van der Waals surface area (Å²) < 4.78 is 6.07. The summed E-state index contributed by atoms with van der Waals surface area (Å²) in [6.07, 6.45) is 3.24. The van der Waals surface area contributed by atoms with E-state index in [1.54, 1.807) is 19.5 Å². The lowest BCUT2D eigenvalue weighted by molar-refractivity contribution is 0.396. The van der Waals surface area contributed by atoms with Crippen molar-refractivity contribution in [3.63, 3.8) is 0 Å². The average molecular weight is 294 g/mol. The minimum Gasteiger partial charge on any atom is -0.480 e. The van der Waals surface area contributed by atoms with Gasteiger partial charge in [-0.15, -0.1) is 0 Å². The van der Waals surface area contributed by atoms with E-state index >= 15 is 0 Å². The van der Waals surface area contributed by atoms with Crippen LogP contribution < -0.4 is 10.1 Å². The molecule has 0 unspecified atom stereocenters. The van der Waals surface area contributed by atoms with Gasteiger partial charge in [-0.1, -0.05) is 28.1 Å². The molecule has 0 amide bonds. The molecule has 1 aromatic heterocycles. The van der Waals surface area contributed by atoms with Crippen molar-refractivity contribution >= 4 is 21.7 Å². The number of hydrogen-bond donors (Lipinski definition) is 1. The van der Waals surface area contributed by atoms with Gasteiger partial charge in [-0.2, -0.15) is 4.98 Å². The molecule has 4 nitrogen and oxygen atoms in total. The van der Waals surface area contributed by atoms with Crippen LogP contribution in [0.2, 0.25) is 0 Å². The third-order valence-electron chi connectivity index (χ3n) is 2.21. The molecule has 2 rings (SSSR count). The third-order valence-corrected chi connectivity index (χ3v) is 2.74. The van der Waals surface area contributed by atoms with Crippen molar-refractivity contribution in [2.75, 3.05) is 12.4 Å². The summed E-state index contributed by atoms with van der Waals surface area (Å²) in [7, 11) is 1.57. The second-order valence-corrected chi connectivity index (χ2v) is 4.34. The van der Waals surface area contributed by atoms with E-state index in [0.717, 1.165) is 4.47 Å². The highest BCUT2D eigenvalue weighted by Gasteiger charge is 1.98. The summed E-state index contributed by atoms with van der Waals surface area (Å²) in [6.45, 7) is 0.703. The van der Waals surface area contributed by atoms with Crippen LogP contribution in [0.25, 0.3) is 0 Å². The minimum atomic E-state index is 0.505. The first-order valence-electron chi connectivity index (χ1n) is 5.12. The number of ether oxygens (including phenoxy) is 1. The van der Waals surface area contributed by atoms with Crippen LogP contribution in [0.3, 0.4) is 0 Å². The molecule has 2 aromatic rings. The van der Waals surface area contributed by atoms with E-state index in [-0.39, 0.29) is 0 Å². The van der Waals surface area contributed by atoms with Crippen molar-refractivity contribution in [2.45, 2.75) is 6.54 Å². The molecule has 1 aromatic carbocycles. The maximum Gasteiger partial charge on any atom is 0.233 e. The lowest BCUT2D eigenvalue weighted by atomic mass is 10.2. The van der Waals surface area contributed by atoms with Crippen LogP contribution in [0.15, 0.2) is 41.1 Å². The number of rotatable bonds is 4. The van der Waals surface area contributed by atoms with Gasteiger partial charge < -0.3 is 10.1 Å². The van der Waals surface area contributed by atoms with E-state index < -0.39 is 0 Å². The molecule has 0 fully saturated rings. The summed E-state index contributed by atoms with van der Waals surface area (Å²) in [5, 5.41) is 3.19. The monoisotopic (exact) mass is 293 g/mol. The second kappa shape index (κ2) is 5.63. The van der Waals surface area contributed by atoms with Gasteiger partial charge in [0, 0.05) is 11.0 Å². The molecular weight excluding hydrogens is 282 g/mol. The Bertz CT molecular complexity index is 487. The maximum atomic E-state index is 5.00. The predicted molar refractivity (Wildman–Crippen MR) is 70.1 cm³/mol. The molecule has 0 aliphatic heterocycles. The molecule has 0 bridgehead atoms. The Morgan fingerprint density at radius 2 is 2.00 bits per heavy atom. The molecule has 0 spiro atoms. The molecule has 0 saturated carbocycles. The minimum absolute atomic E-state index is 0.505. The van der Waals surface area contributed by atoms with Crippen molar-refractivity contribution in [3.05, 3.63) is 46.7 Å². The number of halogens is 1. The van der Waals surface area contributed by atoms with Gasteiger partial charge in [0.1, 0.15) is 5.82 Å². The largest absolute Gasteiger partial charge is 0.480 e. The van der Waals surface area contributed by atoms with E-state index in [1.807, 2.05) is 24.3 Å². The van der Waals surface area contributed by atoms with Gasteiger partial charge in [-0.05, 0) is 17.7 Å². The van der Waals surface area contributed by atoms with E-state index in [9.17, 15) is 0 Å². The second-order valence-electron chi connectivity index (χ2n) is 3.43. The predicted octanol–water partition coefficient (Wildman–Crippen LogP) is 2.86. The van der Waals surface area contributed by atoms with Gasteiger partial charge in [0.05, 0.1) is 19.5 Å². The molecule has 0 aliphatic rings. The first-order valence-corrected chi connectivity index (χ1v) is 5.91. The van der Waals surface area contributed by atoms with Crippen LogP contribution >= 0.6 is 15.9 Å².